The molecule has 0 atom stereocenters. The van der Waals surface area contributed by atoms with Crippen molar-refractivity contribution in [2.45, 2.75) is 13.1 Å². The van der Waals surface area contributed by atoms with Gasteiger partial charge in [0.2, 0.25) is 5.91 Å². The average Bonchev–Trinajstić information content (AvgIpc) is 2.67. The van der Waals surface area contributed by atoms with Crippen molar-refractivity contribution in [1.82, 2.24) is 4.90 Å². The van der Waals surface area contributed by atoms with Gasteiger partial charge in [-0.05, 0) is 34.9 Å². The van der Waals surface area contributed by atoms with Crippen LogP contribution < -0.4 is 0 Å². The Morgan fingerprint density at radius 1 is 0.808 bits per heavy atom. The molecule has 1 amide bonds. The molecule has 0 aliphatic heterocycles. The molecule has 130 valence electrons. The predicted octanol–water partition coefficient (Wildman–Crippen LogP) is 5.07. The Bertz CT molecular complexity index is 833. The first-order valence-corrected chi connectivity index (χ1v) is 8.51. The van der Waals surface area contributed by atoms with Crippen molar-refractivity contribution in [2.24, 2.45) is 0 Å². The van der Waals surface area contributed by atoms with E-state index in [1.165, 1.54) is 18.2 Å². The molecule has 0 bridgehead atoms. The number of carbonyl (C=O) groups is 1. The summed E-state index contributed by atoms with van der Waals surface area (Å²) < 4.78 is 13.3. The molecule has 2 nitrogen and oxygen atoms in total. The summed E-state index contributed by atoms with van der Waals surface area (Å²) in [7, 11) is 0. The van der Waals surface area contributed by atoms with Gasteiger partial charge in [0.05, 0.1) is 0 Å². The predicted molar refractivity (Wildman–Crippen MR) is 103 cm³/mol. The summed E-state index contributed by atoms with van der Waals surface area (Å²) in [6, 6.07) is 26.0. The molecular weight excluding hydrogens is 325 g/mol. The third-order valence-electron chi connectivity index (χ3n) is 4.01. The van der Waals surface area contributed by atoms with Gasteiger partial charge < -0.3 is 4.90 Å². The number of benzene rings is 3. The van der Waals surface area contributed by atoms with Gasteiger partial charge in [-0.1, -0.05) is 72.8 Å². The SMILES string of the molecule is O=C(/C=C\c1cccc(F)c1)N(Cc1ccccc1)Cc1ccccc1. The lowest BCUT2D eigenvalue weighted by Gasteiger charge is -2.21. The summed E-state index contributed by atoms with van der Waals surface area (Å²) in [6.45, 7) is 1.03. The second-order valence-electron chi connectivity index (χ2n) is 6.05. The molecule has 0 spiro atoms. The van der Waals surface area contributed by atoms with Crippen LogP contribution >= 0.6 is 0 Å². The number of rotatable bonds is 6. The molecule has 0 unspecified atom stereocenters. The van der Waals surface area contributed by atoms with Gasteiger partial charge in [-0.25, -0.2) is 4.39 Å². The van der Waals surface area contributed by atoms with E-state index in [9.17, 15) is 9.18 Å². The van der Waals surface area contributed by atoms with Crippen LogP contribution in [0.1, 0.15) is 16.7 Å². The number of nitrogens with zero attached hydrogens (tertiary/aromatic N) is 1. The summed E-state index contributed by atoms with van der Waals surface area (Å²) >= 11 is 0. The summed E-state index contributed by atoms with van der Waals surface area (Å²) in [5.41, 5.74) is 2.80. The molecule has 0 fully saturated rings. The Hall–Kier alpha value is -3.20. The first-order valence-electron chi connectivity index (χ1n) is 8.51. The molecule has 0 saturated carbocycles. The largest absolute Gasteiger partial charge is 0.331 e. The lowest BCUT2D eigenvalue weighted by atomic mass is 10.1. The van der Waals surface area contributed by atoms with Crippen molar-refractivity contribution in [3.63, 3.8) is 0 Å². The van der Waals surface area contributed by atoms with Gasteiger partial charge >= 0.3 is 0 Å². The minimum absolute atomic E-state index is 0.109. The Morgan fingerprint density at radius 3 is 1.92 bits per heavy atom. The van der Waals surface area contributed by atoms with Gasteiger partial charge in [0.1, 0.15) is 5.82 Å². The number of hydrogen-bond donors (Lipinski definition) is 0. The molecule has 0 aromatic heterocycles. The summed E-state index contributed by atoms with van der Waals surface area (Å²) in [4.78, 5) is 14.5. The zero-order chi connectivity index (χ0) is 18.2. The number of carbonyl (C=O) groups excluding carboxylic acids is 1. The number of halogens is 1. The summed E-state index contributed by atoms with van der Waals surface area (Å²) in [5, 5.41) is 0. The normalized spacial score (nSPS) is 10.8. The number of amides is 1. The number of hydrogen-bond acceptors (Lipinski definition) is 1. The maximum Gasteiger partial charge on any atom is 0.247 e. The van der Waals surface area contributed by atoms with Gasteiger partial charge in [-0.15, -0.1) is 0 Å². The fraction of sp³-hybridized carbons (Fsp3) is 0.0870. The van der Waals surface area contributed by atoms with Crippen molar-refractivity contribution in [1.29, 1.82) is 0 Å². The van der Waals surface area contributed by atoms with E-state index in [1.807, 2.05) is 60.7 Å². The Labute approximate surface area is 153 Å². The van der Waals surface area contributed by atoms with Crippen molar-refractivity contribution in [2.75, 3.05) is 0 Å². The Morgan fingerprint density at radius 2 is 1.38 bits per heavy atom. The van der Waals surface area contributed by atoms with E-state index in [4.69, 9.17) is 0 Å². The Kier molecular flexibility index (Phi) is 5.94. The van der Waals surface area contributed by atoms with Crippen LogP contribution in [-0.2, 0) is 17.9 Å². The highest BCUT2D eigenvalue weighted by atomic mass is 19.1. The highest BCUT2D eigenvalue weighted by Crippen LogP contribution is 2.12. The molecule has 0 radical (unpaired) electrons. The zero-order valence-electron chi connectivity index (χ0n) is 14.4. The van der Waals surface area contributed by atoms with E-state index in [2.05, 4.69) is 0 Å². The van der Waals surface area contributed by atoms with Crippen molar-refractivity contribution < 1.29 is 9.18 Å². The second kappa shape index (κ2) is 8.77. The molecule has 0 heterocycles. The van der Waals surface area contributed by atoms with E-state index in [-0.39, 0.29) is 11.7 Å². The van der Waals surface area contributed by atoms with Crippen LogP contribution in [-0.4, -0.2) is 10.8 Å². The molecule has 26 heavy (non-hydrogen) atoms. The van der Waals surface area contributed by atoms with Crippen LogP contribution in [0.25, 0.3) is 6.08 Å². The first kappa shape index (κ1) is 17.6. The summed E-state index contributed by atoms with van der Waals surface area (Å²) in [6.07, 6.45) is 3.15. The van der Waals surface area contributed by atoms with Crippen LogP contribution in [0.2, 0.25) is 0 Å². The topological polar surface area (TPSA) is 20.3 Å². The third kappa shape index (κ3) is 5.15. The van der Waals surface area contributed by atoms with E-state index in [0.717, 1.165) is 11.1 Å². The maximum atomic E-state index is 13.3. The lowest BCUT2D eigenvalue weighted by molar-refractivity contribution is -0.127. The third-order valence-corrected chi connectivity index (χ3v) is 4.01. The lowest BCUT2D eigenvalue weighted by Crippen LogP contribution is -2.28. The quantitative estimate of drug-likeness (QED) is 0.571. The molecule has 0 aliphatic carbocycles. The van der Waals surface area contributed by atoms with Gasteiger partial charge in [0.15, 0.2) is 0 Å². The minimum atomic E-state index is -0.315. The monoisotopic (exact) mass is 345 g/mol. The van der Waals surface area contributed by atoms with Gasteiger partial charge in [-0.2, -0.15) is 0 Å². The van der Waals surface area contributed by atoms with Gasteiger partial charge in [0, 0.05) is 19.2 Å². The fourth-order valence-electron chi connectivity index (χ4n) is 2.70. The standard InChI is InChI=1S/C23H20FNO/c24-22-13-7-12-19(16-22)14-15-23(26)25(17-20-8-3-1-4-9-20)18-21-10-5-2-6-11-21/h1-16H,17-18H2/b15-14-. The van der Waals surface area contributed by atoms with E-state index in [0.29, 0.717) is 18.7 Å². The first-order chi connectivity index (χ1) is 12.7. The molecule has 0 aliphatic rings. The molecular formula is C23H20FNO. The smallest absolute Gasteiger partial charge is 0.247 e. The van der Waals surface area contributed by atoms with Gasteiger partial charge in [0.25, 0.3) is 0 Å². The van der Waals surface area contributed by atoms with Crippen LogP contribution in [0.3, 0.4) is 0 Å². The highest BCUT2D eigenvalue weighted by molar-refractivity contribution is 5.91. The molecule has 3 aromatic rings. The van der Waals surface area contributed by atoms with E-state index < -0.39 is 0 Å². The average molecular weight is 345 g/mol. The van der Waals surface area contributed by atoms with E-state index >= 15 is 0 Å². The van der Waals surface area contributed by atoms with Crippen LogP contribution in [0.15, 0.2) is 91.0 Å². The van der Waals surface area contributed by atoms with Crippen molar-refractivity contribution >= 4 is 12.0 Å². The molecule has 0 N–H and O–H groups in total. The molecule has 0 saturated heterocycles. The second-order valence-corrected chi connectivity index (χ2v) is 6.05. The van der Waals surface area contributed by atoms with Crippen molar-refractivity contribution in [3.05, 3.63) is 114 Å². The molecule has 3 rings (SSSR count). The highest BCUT2D eigenvalue weighted by Gasteiger charge is 2.12. The fourth-order valence-corrected chi connectivity index (χ4v) is 2.70. The molecule has 3 aromatic carbocycles. The Balaban J connectivity index is 1.78. The maximum absolute atomic E-state index is 13.3. The van der Waals surface area contributed by atoms with Crippen LogP contribution in [0, 0.1) is 5.82 Å². The summed E-state index contributed by atoms with van der Waals surface area (Å²) in [5.74, 6) is -0.424. The van der Waals surface area contributed by atoms with Crippen molar-refractivity contribution in [3.8, 4) is 0 Å². The van der Waals surface area contributed by atoms with E-state index in [1.54, 1.807) is 23.1 Å². The van der Waals surface area contributed by atoms with Gasteiger partial charge in [-0.3, -0.25) is 4.79 Å². The minimum Gasteiger partial charge on any atom is -0.331 e. The van der Waals surface area contributed by atoms with Crippen LogP contribution in [0.4, 0.5) is 4.39 Å². The zero-order valence-corrected chi connectivity index (χ0v) is 14.4. The molecule has 3 heteroatoms. The van der Waals surface area contributed by atoms with Crippen LogP contribution in [0.5, 0.6) is 0 Å².